The second-order valence-electron chi connectivity index (χ2n) is 7.08. The predicted octanol–water partition coefficient (Wildman–Crippen LogP) is 5.73. The molecule has 9 nitrogen and oxygen atoms in total. The number of carbonyl (C=O) groups excluding carboxylic acids is 1. The number of thiazole rings is 1. The third-order valence-electron chi connectivity index (χ3n) is 4.98. The quantitative estimate of drug-likeness (QED) is 0.320. The van der Waals surface area contributed by atoms with E-state index in [0.29, 0.717) is 21.6 Å². The van der Waals surface area contributed by atoms with Crippen molar-refractivity contribution in [2.45, 2.75) is 0 Å². The number of rotatable bonds is 5. The number of phenolic OH excluding ortho intramolecular Hbond substituents is 1. The lowest BCUT2D eigenvalue weighted by atomic mass is 10.0. The molecule has 0 atom stereocenters. The van der Waals surface area contributed by atoms with E-state index < -0.39 is 5.91 Å². The largest absolute Gasteiger partial charge is 0.505 e. The van der Waals surface area contributed by atoms with Crippen LogP contribution in [0.1, 0.15) is 15.9 Å². The fourth-order valence-corrected chi connectivity index (χ4v) is 4.02. The molecular formula is C24H15N7O2S. The standard InChI is InChI=1S/C24H15N7O2S/c25-13-16-14-27-31(24-26-10-11-34-24)22(16)30-29-19-12-15-6-4-5-9-18(15)20(21(19)32)23(33)28-17-7-2-1-3-8-17/h1-12,14,32H,(H,28,33). The number of nitrogens with one attached hydrogen (secondary N) is 1. The number of amides is 1. The first-order valence-corrected chi connectivity index (χ1v) is 10.9. The van der Waals surface area contributed by atoms with Crippen molar-refractivity contribution in [3.63, 3.8) is 0 Å². The minimum atomic E-state index is -0.484. The molecule has 0 unspecified atom stereocenters. The highest BCUT2D eigenvalue weighted by molar-refractivity contribution is 7.12. The summed E-state index contributed by atoms with van der Waals surface area (Å²) < 4.78 is 1.40. The van der Waals surface area contributed by atoms with Gasteiger partial charge in [0.2, 0.25) is 5.13 Å². The summed E-state index contributed by atoms with van der Waals surface area (Å²) in [4.78, 5) is 17.3. The SMILES string of the molecule is N#Cc1cnn(-c2nccs2)c1N=Nc1cc2ccccc2c(C(=O)Nc2ccccc2)c1O. The maximum Gasteiger partial charge on any atom is 0.260 e. The average molecular weight is 465 g/mol. The van der Waals surface area contributed by atoms with Crippen molar-refractivity contribution >= 4 is 45.2 Å². The van der Waals surface area contributed by atoms with Crippen LogP contribution in [0.5, 0.6) is 5.75 Å². The Morgan fingerprint density at radius 2 is 1.91 bits per heavy atom. The highest BCUT2D eigenvalue weighted by Crippen LogP contribution is 2.38. The molecule has 0 bridgehead atoms. The number of para-hydroxylation sites is 1. The second-order valence-corrected chi connectivity index (χ2v) is 7.95. The van der Waals surface area contributed by atoms with Gasteiger partial charge >= 0.3 is 0 Å². The number of aromatic nitrogens is 3. The molecule has 2 aromatic heterocycles. The Morgan fingerprint density at radius 3 is 2.68 bits per heavy atom. The summed E-state index contributed by atoms with van der Waals surface area (Å²) in [6.07, 6.45) is 2.98. The predicted molar refractivity (Wildman–Crippen MR) is 128 cm³/mol. The van der Waals surface area contributed by atoms with Gasteiger partial charge in [-0.1, -0.05) is 42.5 Å². The van der Waals surface area contributed by atoms with Crippen LogP contribution in [0.25, 0.3) is 15.9 Å². The van der Waals surface area contributed by atoms with Crippen LogP contribution < -0.4 is 5.32 Å². The topological polar surface area (TPSA) is 129 Å². The molecule has 0 fully saturated rings. The van der Waals surface area contributed by atoms with E-state index in [0.717, 1.165) is 0 Å². The lowest BCUT2D eigenvalue weighted by molar-refractivity contribution is 0.102. The van der Waals surface area contributed by atoms with Gasteiger partial charge in [-0.25, -0.2) is 4.98 Å². The van der Waals surface area contributed by atoms with Gasteiger partial charge in [0.15, 0.2) is 11.6 Å². The summed E-state index contributed by atoms with van der Waals surface area (Å²) in [5, 5.41) is 39.4. The number of azo groups is 1. The van der Waals surface area contributed by atoms with Crippen molar-refractivity contribution in [3.05, 3.63) is 89.6 Å². The van der Waals surface area contributed by atoms with Crippen LogP contribution in [0.15, 0.2) is 88.7 Å². The molecule has 10 heteroatoms. The fraction of sp³-hybridized carbons (Fsp3) is 0. The van der Waals surface area contributed by atoms with E-state index >= 15 is 0 Å². The summed E-state index contributed by atoms with van der Waals surface area (Å²) in [6, 6.07) is 19.8. The maximum atomic E-state index is 13.1. The summed E-state index contributed by atoms with van der Waals surface area (Å²) in [5.74, 6) is -0.641. The van der Waals surface area contributed by atoms with Crippen LogP contribution in [0.4, 0.5) is 17.2 Å². The van der Waals surface area contributed by atoms with Crippen LogP contribution in [-0.2, 0) is 0 Å². The third-order valence-corrected chi connectivity index (χ3v) is 5.72. The molecule has 3 aromatic carbocycles. The van der Waals surface area contributed by atoms with Crippen molar-refractivity contribution < 1.29 is 9.90 Å². The van der Waals surface area contributed by atoms with Crippen molar-refractivity contribution in [1.29, 1.82) is 5.26 Å². The van der Waals surface area contributed by atoms with Gasteiger partial charge in [0.05, 0.1) is 11.8 Å². The lowest BCUT2D eigenvalue weighted by Crippen LogP contribution is -2.12. The molecule has 164 valence electrons. The molecule has 0 aliphatic carbocycles. The van der Waals surface area contributed by atoms with Gasteiger partial charge in [0.1, 0.15) is 17.3 Å². The molecule has 5 aromatic rings. The zero-order valence-corrected chi connectivity index (χ0v) is 18.3. The molecule has 0 aliphatic rings. The Bertz CT molecular complexity index is 1570. The smallest absolute Gasteiger partial charge is 0.260 e. The number of anilines is 1. The van der Waals surface area contributed by atoms with Crippen LogP contribution in [0, 0.1) is 11.3 Å². The molecule has 0 saturated carbocycles. The Hall–Kier alpha value is -4.88. The number of aromatic hydroxyl groups is 1. The van der Waals surface area contributed by atoms with Gasteiger partial charge < -0.3 is 10.4 Å². The summed E-state index contributed by atoms with van der Waals surface area (Å²) >= 11 is 1.32. The Balaban J connectivity index is 1.60. The molecule has 0 aliphatic heterocycles. The summed E-state index contributed by atoms with van der Waals surface area (Å²) in [7, 11) is 0. The number of nitriles is 1. The molecule has 0 radical (unpaired) electrons. The highest BCUT2D eigenvalue weighted by Gasteiger charge is 2.20. The van der Waals surface area contributed by atoms with E-state index in [2.05, 4.69) is 25.6 Å². The van der Waals surface area contributed by atoms with E-state index in [9.17, 15) is 15.2 Å². The van der Waals surface area contributed by atoms with Crippen molar-refractivity contribution in [3.8, 4) is 17.0 Å². The lowest BCUT2D eigenvalue weighted by Gasteiger charge is -2.12. The summed E-state index contributed by atoms with van der Waals surface area (Å²) in [6.45, 7) is 0. The fourth-order valence-electron chi connectivity index (χ4n) is 3.42. The molecule has 2 heterocycles. The van der Waals surface area contributed by atoms with Gasteiger partial charge in [0.25, 0.3) is 5.91 Å². The van der Waals surface area contributed by atoms with E-state index in [4.69, 9.17) is 0 Å². The molecule has 0 spiro atoms. The average Bonchev–Trinajstić information content (AvgIpc) is 3.53. The maximum absolute atomic E-state index is 13.1. The number of phenols is 1. The number of hydrogen-bond donors (Lipinski definition) is 2. The second kappa shape index (κ2) is 8.93. The van der Waals surface area contributed by atoms with Crippen molar-refractivity contribution in [2.24, 2.45) is 10.2 Å². The monoisotopic (exact) mass is 465 g/mol. The van der Waals surface area contributed by atoms with Crippen LogP contribution >= 0.6 is 11.3 Å². The van der Waals surface area contributed by atoms with E-state index in [1.807, 2.05) is 24.3 Å². The Labute approximate surface area is 197 Å². The van der Waals surface area contributed by atoms with Crippen LogP contribution in [0.2, 0.25) is 0 Å². The number of carbonyl (C=O) groups is 1. The number of benzene rings is 3. The number of nitrogens with zero attached hydrogens (tertiary/aromatic N) is 6. The molecular weight excluding hydrogens is 450 g/mol. The van der Waals surface area contributed by atoms with Gasteiger partial charge in [-0.05, 0) is 29.0 Å². The van der Waals surface area contributed by atoms with E-state index in [1.165, 1.54) is 22.2 Å². The Kier molecular flexibility index (Phi) is 5.51. The van der Waals surface area contributed by atoms with Crippen LogP contribution in [0.3, 0.4) is 0 Å². The zero-order chi connectivity index (χ0) is 23.5. The van der Waals surface area contributed by atoms with Gasteiger partial charge in [-0.15, -0.1) is 21.6 Å². The molecule has 1 amide bonds. The first kappa shape index (κ1) is 21.0. The van der Waals surface area contributed by atoms with Crippen LogP contribution in [-0.4, -0.2) is 25.8 Å². The summed E-state index contributed by atoms with van der Waals surface area (Å²) in [5.41, 5.74) is 0.938. The van der Waals surface area contributed by atoms with Gasteiger partial charge in [0, 0.05) is 17.3 Å². The molecule has 0 saturated heterocycles. The normalized spacial score (nSPS) is 11.0. The van der Waals surface area contributed by atoms with Crippen molar-refractivity contribution in [1.82, 2.24) is 14.8 Å². The minimum Gasteiger partial charge on any atom is -0.505 e. The third kappa shape index (κ3) is 3.87. The first-order chi connectivity index (χ1) is 16.7. The highest BCUT2D eigenvalue weighted by atomic mass is 32.1. The molecule has 5 rings (SSSR count). The zero-order valence-electron chi connectivity index (χ0n) is 17.5. The first-order valence-electron chi connectivity index (χ1n) is 10.1. The van der Waals surface area contributed by atoms with E-state index in [-0.39, 0.29) is 28.4 Å². The van der Waals surface area contributed by atoms with Crippen molar-refractivity contribution in [2.75, 3.05) is 5.32 Å². The minimum absolute atomic E-state index is 0.0739. The number of fused-ring (bicyclic) bond motifs is 1. The molecule has 34 heavy (non-hydrogen) atoms. The Morgan fingerprint density at radius 1 is 1.12 bits per heavy atom. The molecule has 2 N–H and O–H groups in total. The van der Waals surface area contributed by atoms with Gasteiger partial charge in [-0.2, -0.15) is 15.0 Å². The van der Waals surface area contributed by atoms with Gasteiger partial charge in [-0.3, -0.25) is 4.79 Å². The van der Waals surface area contributed by atoms with E-state index in [1.54, 1.807) is 54.0 Å². The number of hydrogen-bond acceptors (Lipinski definition) is 8.